The lowest BCUT2D eigenvalue weighted by Gasteiger charge is -2.01. The van der Waals surface area contributed by atoms with E-state index in [1.807, 2.05) is 37.3 Å². The average molecular weight is 212 g/mol. The van der Waals surface area contributed by atoms with Crippen molar-refractivity contribution in [3.8, 4) is 5.75 Å². The quantitative estimate of drug-likeness (QED) is 0.832. The largest absolute Gasteiger partial charge is 0.507 e. The van der Waals surface area contributed by atoms with E-state index >= 15 is 0 Å². The van der Waals surface area contributed by atoms with Crippen LogP contribution in [0.4, 0.5) is 0 Å². The summed E-state index contributed by atoms with van der Waals surface area (Å²) in [6.45, 7) is 1.94. The van der Waals surface area contributed by atoms with Crippen molar-refractivity contribution in [2.75, 3.05) is 0 Å². The molecule has 0 fully saturated rings. The standard InChI is InChI=1S/C13H12N2O/c1-10(12-6-4-8-14-15-12)9-11-5-2-3-7-13(11)16/h2-9,16H,1H3. The van der Waals surface area contributed by atoms with Crippen molar-refractivity contribution in [3.63, 3.8) is 0 Å². The molecule has 0 aliphatic carbocycles. The first-order valence-electron chi connectivity index (χ1n) is 5.02. The van der Waals surface area contributed by atoms with Crippen LogP contribution in [0.5, 0.6) is 5.75 Å². The number of phenols is 1. The first kappa shape index (κ1) is 10.4. The average Bonchev–Trinajstić information content (AvgIpc) is 2.33. The van der Waals surface area contributed by atoms with E-state index in [2.05, 4.69) is 10.2 Å². The van der Waals surface area contributed by atoms with Gasteiger partial charge >= 0.3 is 0 Å². The molecule has 2 rings (SSSR count). The fourth-order valence-electron chi connectivity index (χ4n) is 1.43. The van der Waals surface area contributed by atoms with Gasteiger partial charge in [-0.1, -0.05) is 18.2 Å². The Kier molecular flexibility index (Phi) is 2.96. The molecule has 0 saturated heterocycles. The highest BCUT2D eigenvalue weighted by Gasteiger charge is 2.00. The molecule has 1 N–H and O–H groups in total. The second-order valence-corrected chi connectivity index (χ2v) is 3.50. The number of hydrogen-bond donors (Lipinski definition) is 1. The number of phenolic OH excluding ortho intramolecular Hbond substituents is 1. The summed E-state index contributed by atoms with van der Waals surface area (Å²) in [5.41, 5.74) is 2.56. The van der Waals surface area contributed by atoms with Crippen LogP contribution in [0.1, 0.15) is 18.2 Å². The van der Waals surface area contributed by atoms with Crippen molar-refractivity contribution >= 4 is 11.6 Å². The van der Waals surface area contributed by atoms with Gasteiger partial charge in [-0.3, -0.25) is 0 Å². The van der Waals surface area contributed by atoms with Crippen molar-refractivity contribution in [3.05, 3.63) is 53.9 Å². The fourth-order valence-corrected chi connectivity index (χ4v) is 1.43. The van der Waals surface area contributed by atoms with Gasteiger partial charge in [-0.15, -0.1) is 0 Å². The molecule has 0 saturated carbocycles. The Labute approximate surface area is 94.1 Å². The van der Waals surface area contributed by atoms with Gasteiger partial charge in [0, 0.05) is 11.8 Å². The Morgan fingerprint density at radius 1 is 1.19 bits per heavy atom. The monoisotopic (exact) mass is 212 g/mol. The van der Waals surface area contributed by atoms with Crippen molar-refractivity contribution < 1.29 is 5.11 Å². The molecule has 80 valence electrons. The predicted octanol–water partition coefficient (Wildman–Crippen LogP) is 2.74. The van der Waals surface area contributed by atoms with Gasteiger partial charge in [0.05, 0.1) is 5.69 Å². The summed E-state index contributed by atoms with van der Waals surface area (Å²) >= 11 is 0. The second kappa shape index (κ2) is 4.57. The van der Waals surface area contributed by atoms with Gasteiger partial charge in [0.25, 0.3) is 0 Å². The number of para-hydroxylation sites is 1. The van der Waals surface area contributed by atoms with E-state index in [1.165, 1.54) is 0 Å². The van der Waals surface area contributed by atoms with Crippen LogP contribution in [0.2, 0.25) is 0 Å². The van der Waals surface area contributed by atoms with Gasteiger partial charge in [0.2, 0.25) is 0 Å². The molecule has 16 heavy (non-hydrogen) atoms. The Morgan fingerprint density at radius 3 is 2.69 bits per heavy atom. The van der Waals surface area contributed by atoms with Crippen LogP contribution < -0.4 is 0 Å². The minimum atomic E-state index is 0.269. The summed E-state index contributed by atoms with van der Waals surface area (Å²) in [4.78, 5) is 0. The number of rotatable bonds is 2. The maximum atomic E-state index is 9.63. The SMILES string of the molecule is CC(=Cc1ccccc1O)c1cccnn1. The van der Waals surface area contributed by atoms with Gasteiger partial charge in [-0.25, -0.2) is 0 Å². The van der Waals surface area contributed by atoms with Crippen LogP contribution in [-0.2, 0) is 0 Å². The van der Waals surface area contributed by atoms with Crippen LogP contribution in [0.25, 0.3) is 11.6 Å². The van der Waals surface area contributed by atoms with Gasteiger partial charge in [-0.05, 0) is 36.8 Å². The number of benzene rings is 1. The highest BCUT2D eigenvalue weighted by Crippen LogP contribution is 2.21. The zero-order valence-corrected chi connectivity index (χ0v) is 8.96. The molecule has 0 aliphatic heterocycles. The molecular weight excluding hydrogens is 200 g/mol. The molecule has 0 spiro atoms. The highest BCUT2D eigenvalue weighted by atomic mass is 16.3. The van der Waals surface area contributed by atoms with Crippen LogP contribution in [0, 0.1) is 0 Å². The molecular formula is C13H12N2O. The third-order valence-corrected chi connectivity index (χ3v) is 2.29. The van der Waals surface area contributed by atoms with Crippen molar-refractivity contribution in [1.82, 2.24) is 10.2 Å². The smallest absolute Gasteiger partial charge is 0.122 e. The molecule has 1 aromatic heterocycles. The number of aromatic hydroxyl groups is 1. The topological polar surface area (TPSA) is 46.0 Å². The Balaban J connectivity index is 2.36. The molecule has 1 heterocycles. The van der Waals surface area contributed by atoms with E-state index in [1.54, 1.807) is 18.3 Å². The minimum absolute atomic E-state index is 0.269. The Hall–Kier alpha value is -2.16. The van der Waals surface area contributed by atoms with Crippen LogP contribution in [0.3, 0.4) is 0 Å². The third kappa shape index (κ3) is 2.25. The number of aromatic nitrogens is 2. The van der Waals surface area contributed by atoms with Gasteiger partial charge in [-0.2, -0.15) is 10.2 Å². The number of allylic oxidation sites excluding steroid dienone is 1. The summed E-state index contributed by atoms with van der Waals surface area (Å²) in [5.74, 6) is 0.269. The molecule has 0 amide bonds. The lowest BCUT2D eigenvalue weighted by Crippen LogP contribution is -1.87. The summed E-state index contributed by atoms with van der Waals surface area (Å²) in [5, 5.41) is 17.4. The first-order valence-corrected chi connectivity index (χ1v) is 5.02. The summed E-state index contributed by atoms with van der Waals surface area (Å²) < 4.78 is 0. The Morgan fingerprint density at radius 2 is 2.00 bits per heavy atom. The zero-order chi connectivity index (χ0) is 11.4. The number of nitrogens with zero attached hydrogens (tertiary/aromatic N) is 2. The molecule has 3 heteroatoms. The van der Waals surface area contributed by atoms with E-state index in [0.717, 1.165) is 16.8 Å². The van der Waals surface area contributed by atoms with Crippen LogP contribution in [-0.4, -0.2) is 15.3 Å². The fraction of sp³-hybridized carbons (Fsp3) is 0.0769. The van der Waals surface area contributed by atoms with Crippen molar-refractivity contribution in [1.29, 1.82) is 0 Å². The molecule has 1 aromatic carbocycles. The molecule has 0 bridgehead atoms. The number of hydrogen-bond acceptors (Lipinski definition) is 3. The summed E-state index contributed by atoms with van der Waals surface area (Å²) in [7, 11) is 0. The highest BCUT2D eigenvalue weighted by molar-refractivity contribution is 5.80. The van der Waals surface area contributed by atoms with E-state index in [4.69, 9.17) is 0 Å². The lowest BCUT2D eigenvalue weighted by molar-refractivity contribution is 0.474. The van der Waals surface area contributed by atoms with E-state index in [0.29, 0.717) is 0 Å². The maximum Gasteiger partial charge on any atom is 0.122 e. The molecule has 3 nitrogen and oxygen atoms in total. The second-order valence-electron chi connectivity index (χ2n) is 3.50. The summed E-state index contributed by atoms with van der Waals surface area (Å²) in [6, 6.07) is 10.9. The molecule has 0 atom stereocenters. The van der Waals surface area contributed by atoms with E-state index in [9.17, 15) is 5.11 Å². The predicted molar refractivity (Wildman–Crippen MR) is 63.7 cm³/mol. The van der Waals surface area contributed by atoms with Gasteiger partial charge < -0.3 is 5.11 Å². The minimum Gasteiger partial charge on any atom is -0.507 e. The lowest BCUT2D eigenvalue weighted by atomic mass is 10.1. The normalized spacial score (nSPS) is 11.4. The van der Waals surface area contributed by atoms with Crippen LogP contribution >= 0.6 is 0 Å². The van der Waals surface area contributed by atoms with Crippen LogP contribution in [0.15, 0.2) is 42.6 Å². The van der Waals surface area contributed by atoms with E-state index in [-0.39, 0.29) is 5.75 Å². The Bertz CT molecular complexity index is 506. The third-order valence-electron chi connectivity index (χ3n) is 2.29. The van der Waals surface area contributed by atoms with Gasteiger partial charge in [0.1, 0.15) is 5.75 Å². The van der Waals surface area contributed by atoms with E-state index < -0.39 is 0 Å². The van der Waals surface area contributed by atoms with Crippen molar-refractivity contribution in [2.24, 2.45) is 0 Å². The van der Waals surface area contributed by atoms with Crippen molar-refractivity contribution in [2.45, 2.75) is 6.92 Å². The molecule has 0 radical (unpaired) electrons. The van der Waals surface area contributed by atoms with Gasteiger partial charge in [0.15, 0.2) is 0 Å². The summed E-state index contributed by atoms with van der Waals surface area (Å²) in [6.07, 6.45) is 3.52. The maximum absolute atomic E-state index is 9.63. The first-order chi connectivity index (χ1) is 7.77. The molecule has 0 aliphatic rings. The zero-order valence-electron chi connectivity index (χ0n) is 8.96. The molecule has 0 unspecified atom stereocenters. The molecule has 2 aromatic rings.